The van der Waals surface area contributed by atoms with Crippen molar-refractivity contribution >= 4 is 0 Å². The molecule has 0 spiro atoms. The number of aryl methyl sites for hydroxylation is 1. The van der Waals surface area contributed by atoms with Crippen molar-refractivity contribution in [2.24, 2.45) is 29.6 Å². The van der Waals surface area contributed by atoms with Crippen LogP contribution >= 0.6 is 0 Å². The number of fused-ring (bicyclic) bond motifs is 1. The van der Waals surface area contributed by atoms with Gasteiger partial charge in [-0.1, -0.05) is 0 Å². The number of aromatic nitrogens is 3. The molecule has 0 radical (unpaired) electrons. The predicted molar refractivity (Wildman–Crippen MR) is 78.7 cm³/mol. The maximum atomic E-state index is 9.50. The Balaban J connectivity index is 1.50. The maximum absolute atomic E-state index is 9.50. The van der Waals surface area contributed by atoms with Crippen LogP contribution in [0.3, 0.4) is 0 Å². The van der Waals surface area contributed by atoms with E-state index in [-0.39, 0.29) is 0 Å². The first-order valence-corrected chi connectivity index (χ1v) is 8.84. The molecular formula is C17H25N3O. The Hall–Kier alpha value is -0.900. The quantitative estimate of drug-likeness (QED) is 0.908. The normalized spacial score (nSPS) is 44.0. The minimum absolute atomic E-state index is 0.304. The smallest absolute Gasteiger partial charge is 0.136 e. The van der Waals surface area contributed by atoms with Gasteiger partial charge in [0.1, 0.15) is 11.6 Å². The van der Waals surface area contributed by atoms with Gasteiger partial charge in [-0.3, -0.25) is 0 Å². The number of hydrogen-bond donors (Lipinski definition) is 1. The van der Waals surface area contributed by atoms with E-state index in [1.165, 1.54) is 43.8 Å². The van der Waals surface area contributed by atoms with Gasteiger partial charge >= 0.3 is 0 Å². The maximum Gasteiger partial charge on any atom is 0.136 e. The average Bonchev–Trinajstić information content (AvgIpc) is 2.89. The molecule has 1 aromatic rings. The fraction of sp³-hybridized carbons (Fsp3) is 0.882. The molecule has 4 aliphatic carbocycles. The monoisotopic (exact) mass is 287 g/mol. The number of rotatable bonds is 2. The fourth-order valence-corrected chi connectivity index (χ4v) is 6.16. The van der Waals surface area contributed by atoms with Gasteiger partial charge in [0, 0.05) is 31.4 Å². The van der Waals surface area contributed by atoms with Gasteiger partial charge in [0.2, 0.25) is 0 Å². The van der Waals surface area contributed by atoms with E-state index in [9.17, 15) is 5.11 Å². The SMILES string of the molecule is OCC1CCc2nnc(C3C4CC5CC(C4)CC3C5)n2C1. The van der Waals surface area contributed by atoms with Crippen molar-refractivity contribution in [3.05, 3.63) is 11.6 Å². The van der Waals surface area contributed by atoms with Gasteiger partial charge < -0.3 is 9.67 Å². The van der Waals surface area contributed by atoms with Gasteiger partial charge in [-0.2, -0.15) is 0 Å². The number of aliphatic hydroxyl groups is 1. The van der Waals surface area contributed by atoms with Gasteiger partial charge in [0.15, 0.2) is 0 Å². The van der Waals surface area contributed by atoms with E-state index in [1.54, 1.807) is 0 Å². The van der Waals surface area contributed by atoms with Crippen LogP contribution in [-0.2, 0) is 13.0 Å². The molecule has 5 aliphatic rings. The molecule has 4 saturated carbocycles. The van der Waals surface area contributed by atoms with Gasteiger partial charge in [-0.15, -0.1) is 10.2 Å². The van der Waals surface area contributed by atoms with Crippen molar-refractivity contribution in [2.45, 2.75) is 57.4 Å². The van der Waals surface area contributed by atoms with E-state index in [0.717, 1.165) is 43.1 Å². The van der Waals surface area contributed by atoms with Crippen LogP contribution in [-0.4, -0.2) is 26.5 Å². The minimum atomic E-state index is 0.304. The topological polar surface area (TPSA) is 50.9 Å². The average molecular weight is 287 g/mol. The van der Waals surface area contributed by atoms with Gasteiger partial charge in [0.25, 0.3) is 0 Å². The molecule has 4 nitrogen and oxygen atoms in total. The first-order valence-electron chi connectivity index (χ1n) is 8.84. The van der Waals surface area contributed by atoms with Crippen LogP contribution in [0.25, 0.3) is 0 Å². The first-order chi connectivity index (χ1) is 10.3. The molecule has 0 saturated heterocycles. The van der Waals surface area contributed by atoms with Crippen molar-refractivity contribution in [1.82, 2.24) is 14.8 Å². The van der Waals surface area contributed by atoms with Crippen LogP contribution in [0.2, 0.25) is 0 Å². The summed E-state index contributed by atoms with van der Waals surface area (Å²) in [7, 11) is 0. The lowest BCUT2D eigenvalue weighted by atomic mass is 9.51. The third-order valence-electron chi connectivity index (χ3n) is 6.86. The van der Waals surface area contributed by atoms with Crippen LogP contribution in [0.4, 0.5) is 0 Å². The highest BCUT2D eigenvalue weighted by atomic mass is 16.3. The summed E-state index contributed by atoms with van der Waals surface area (Å²) in [6.07, 6.45) is 9.30. The molecule has 1 aliphatic heterocycles. The molecule has 4 bridgehead atoms. The van der Waals surface area contributed by atoms with Gasteiger partial charge in [-0.05, 0) is 62.2 Å². The highest BCUT2D eigenvalue weighted by Crippen LogP contribution is 2.59. The summed E-state index contributed by atoms with van der Waals surface area (Å²) in [4.78, 5) is 0. The van der Waals surface area contributed by atoms with E-state index >= 15 is 0 Å². The first kappa shape index (κ1) is 12.6. The number of aliphatic hydroxyl groups excluding tert-OH is 1. The van der Waals surface area contributed by atoms with Crippen LogP contribution in [0.5, 0.6) is 0 Å². The second-order valence-corrected chi connectivity index (χ2v) is 8.13. The molecule has 1 unspecified atom stereocenters. The highest BCUT2D eigenvalue weighted by molar-refractivity contribution is 5.14. The molecule has 1 N–H and O–H groups in total. The molecule has 114 valence electrons. The zero-order valence-electron chi connectivity index (χ0n) is 12.6. The van der Waals surface area contributed by atoms with Crippen molar-refractivity contribution < 1.29 is 5.11 Å². The Labute approximate surface area is 126 Å². The van der Waals surface area contributed by atoms with Crippen molar-refractivity contribution in [2.75, 3.05) is 6.61 Å². The summed E-state index contributed by atoms with van der Waals surface area (Å²) < 4.78 is 2.39. The molecule has 4 heteroatoms. The number of hydrogen-bond acceptors (Lipinski definition) is 3. The molecular weight excluding hydrogens is 262 g/mol. The molecule has 2 heterocycles. The lowest BCUT2D eigenvalue weighted by Crippen LogP contribution is -2.45. The van der Waals surface area contributed by atoms with Gasteiger partial charge in [-0.25, -0.2) is 0 Å². The summed E-state index contributed by atoms with van der Waals surface area (Å²) in [5, 5.41) is 18.6. The summed E-state index contributed by atoms with van der Waals surface area (Å²) in [6, 6.07) is 0. The third kappa shape index (κ3) is 1.84. The summed E-state index contributed by atoms with van der Waals surface area (Å²) in [6.45, 7) is 1.25. The second kappa shape index (κ2) is 4.55. The number of nitrogens with zero attached hydrogens (tertiary/aromatic N) is 3. The standard InChI is InChI=1S/C17H25N3O/c21-9-10-1-2-15-18-19-17(20(15)8-10)16-13-4-11-3-12(6-13)7-14(16)5-11/h10-14,16,21H,1-9H2. The van der Waals surface area contributed by atoms with Crippen LogP contribution in [0.15, 0.2) is 0 Å². The molecule has 6 rings (SSSR count). The molecule has 0 amide bonds. The summed E-state index contributed by atoms with van der Waals surface area (Å²) in [5.41, 5.74) is 0. The molecule has 1 aromatic heterocycles. The van der Waals surface area contributed by atoms with E-state index in [1.807, 2.05) is 0 Å². The summed E-state index contributed by atoms with van der Waals surface area (Å²) >= 11 is 0. The zero-order chi connectivity index (χ0) is 14.0. The molecule has 4 fully saturated rings. The van der Waals surface area contributed by atoms with E-state index in [0.29, 0.717) is 18.4 Å². The Bertz CT molecular complexity index is 524. The van der Waals surface area contributed by atoms with Crippen molar-refractivity contribution in [3.8, 4) is 0 Å². The molecule has 21 heavy (non-hydrogen) atoms. The third-order valence-corrected chi connectivity index (χ3v) is 6.86. The van der Waals surface area contributed by atoms with Crippen LogP contribution < -0.4 is 0 Å². The Morgan fingerprint density at radius 1 is 1.00 bits per heavy atom. The lowest BCUT2D eigenvalue weighted by molar-refractivity contribution is -0.00745. The second-order valence-electron chi connectivity index (χ2n) is 8.13. The predicted octanol–water partition coefficient (Wildman–Crippen LogP) is 2.37. The Morgan fingerprint density at radius 2 is 1.71 bits per heavy atom. The van der Waals surface area contributed by atoms with E-state index < -0.39 is 0 Å². The zero-order valence-corrected chi connectivity index (χ0v) is 12.6. The molecule has 1 atom stereocenters. The van der Waals surface area contributed by atoms with E-state index in [2.05, 4.69) is 14.8 Å². The minimum Gasteiger partial charge on any atom is -0.396 e. The van der Waals surface area contributed by atoms with Crippen LogP contribution in [0.1, 0.15) is 56.1 Å². The molecule has 0 aromatic carbocycles. The van der Waals surface area contributed by atoms with Crippen molar-refractivity contribution in [3.63, 3.8) is 0 Å². The highest BCUT2D eigenvalue weighted by Gasteiger charge is 2.50. The fourth-order valence-electron chi connectivity index (χ4n) is 6.16. The lowest BCUT2D eigenvalue weighted by Gasteiger charge is -2.54. The van der Waals surface area contributed by atoms with Crippen LogP contribution in [0, 0.1) is 29.6 Å². The van der Waals surface area contributed by atoms with Gasteiger partial charge in [0.05, 0.1) is 0 Å². The van der Waals surface area contributed by atoms with Crippen molar-refractivity contribution in [1.29, 1.82) is 0 Å². The Kier molecular flexibility index (Phi) is 2.73. The Morgan fingerprint density at radius 3 is 2.38 bits per heavy atom. The van der Waals surface area contributed by atoms with E-state index in [4.69, 9.17) is 0 Å². The largest absolute Gasteiger partial charge is 0.396 e. The summed E-state index contributed by atoms with van der Waals surface area (Å²) in [5.74, 6) is 7.27.